The van der Waals surface area contributed by atoms with E-state index in [1.807, 2.05) is 0 Å². The van der Waals surface area contributed by atoms with Crippen molar-refractivity contribution in [2.24, 2.45) is 0 Å². The summed E-state index contributed by atoms with van der Waals surface area (Å²) in [5, 5.41) is 2.41. The van der Waals surface area contributed by atoms with Crippen LogP contribution in [-0.4, -0.2) is 19.3 Å². The van der Waals surface area contributed by atoms with Crippen LogP contribution in [0.25, 0.3) is 0 Å². The minimum atomic E-state index is -4.08. The lowest BCUT2D eigenvalue weighted by atomic mass is 9.97. The molecule has 0 saturated heterocycles. The molecule has 0 amide bonds. The Kier molecular flexibility index (Phi) is 4.45. The summed E-state index contributed by atoms with van der Waals surface area (Å²) in [6.07, 6.45) is 3.41. The molecule has 4 heteroatoms. The van der Waals surface area contributed by atoms with E-state index >= 15 is 0 Å². The summed E-state index contributed by atoms with van der Waals surface area (Å²) in [6.45, 7) is -0.439. The number of hydrogen-bond donors (Lipinski definition) is 1. The third-order valence-electron chi connectivity index (χ3n) is 2.33. The molecular formula is C10H16F3N. The Morgan fingerprint density at radius 3 is 2.64 bits per heavy atom. The number of rotatable bonds is 4. The first-order chi connectivity index (χ1) is 6.58. The maximum atomic E-state index is 11.7. The quantitative estimate of drug-likeness (QED) is 0.552. The molecule has 1 aliphatic carbocycles. The molecule has 82 valence electrons. The zero-order valence-electron chi connectivity index (χ0n) is 8.16. The molecule has 0 fully saturated rings. The van der Waals surface area contributed by atoms with E-state index in [0.29, 0.717) is 6.54 Å². The summed E-state index contributed by atoms with van der Waals surface area (Å²) < 4.78 is 35.2. The maximum absolute atomic E-state index is 11.7. The van der Waals surface area contributed by atoms with Crippen LogP contribution in [0.4, 0.5) is 13.2 Å². The van der Waals surface area contributed by atoms with E-state index in [1.54, 1.807) is 0 Å². The van der Waals surface area contributed by atoms with E-state index in [9.17, 15) is 13.2 Å². The van der Waals surface area contributed by atoms with Crippen LogP contribution in [0, 0.1) is 0 Å². The lowest BCUT2D eigenvalue weighted by Gasteiger charge is -2.13. The van der Waals surface area contributed by atoms with Crippen LogP contribution in [0.3, 0.4) is 0 Å². The van der Waals surface area contributed by atoms with E-state index in [-0.39, 0.29) is 0 Å². The SMILES string of the molecule is FC(F)(F)CNCCC1=CCCCC1. The van der Waals surface area contributed by atoms with E-state index in [1.165, 1.54) is 18.4 Å². The molecule has 0 heterocycles. The van der Waals surface area contributed by atoms with Crippen molar-refractivity contribution in [2.45, 2.75) is 38.3 Å². The van der Waals surface area contributed by atoms with Crippen molar-refractivity contribution in [3.63, 3.8) is 0 Å². The van der Waals surface area contributed by atoms with Crippen LogP contribution >= 0.6 is 0 Å². The van der Waals surface area contributed by atoms with Crippen LogP contribution in [0.2, 0.25) is 0 Å². The van der Waals surface area contributed by atoms with Gasteiger partial charge in [0.25, 0.3) is 0 Å². The molecular weight excluding hydrogens is 191 g/mol. The van der Waals surface area contributed by atoms with Gasteiger partial charge in [0, 0.05) is 0 Å². The van der Waals surface area contributed by atoms with Crippen molar-refractivity contribution in [3.8, 4) is 0 Å². The Labute approximate surface area is 82.4 Å². The Bertz CT molecular complexity index is 196. The van der Waals surface area contributed by atoms with Crippen molar-refractivity contribution in [1.82, 2.24) is 5.32 Å². The van der Waals surface area contributed by atoms with Gasteiger partial charge in [-0.2, -0.15) is 13.2 Å². The van der Waals surface area contributed by atoms with E-state index in [0.717, 1.165) is 19.3 Å². The number of hydrogen-bond acceptors (Lipinski definition) is 1. The van der Waals surface area contributed by atoms with Crippen LogP contribution in [0.5, 0.6) is 0 Å². The first kappa shape index (κ1) is 11.6. The average Bonchev–Trinajstić information content (AvgIpc) is 2.13. The minimum absolute atomic E-state index is 0.436. The van der Waals surface area contributed by atoms with Gasteiger partial charge < -0.3 is 5.32 Å². The maximum Gasteiger partial charge on any atom is 0.401 e. The molecule has 0 saturated carbocycles. The first-order valence-electron chi connectivity index (χ1n) is 5.03. The summed E-state index contributed by atoms with van der Waals surface area (Å²) in [6, 6.07) is 0. The summed E-state index contributed by atoms with van der Waals surface area (Å²) in [7, 11) is 0. The number of allylic oxidation sites excluding steroid dienone is 1. The zero-order chi connectivity index (χ0) is 10.4. The molecule has 0 spiro atoms. The highest BCUT2D eigenvalue weighted by molar-refractivity contribution is 5.05. The molecule has 0 atom stereocenters. The van der Waals surface area contributed by atoms with Gasteiger partial charge >= 0.3 is 6.18 Å². The number of nitrogens with one attached hydrogen (secondary N) is 1. The normalized spacial score (nSPS) is 18.1. The van der Waals surface area contributed by atoms with E-state index < -0.39 is 12.7 Å². The third kappa shape index (κ3) is 5.27. The smallest absolute Gasteiger partial charge is 0.308 e. The second-order valence-corrected chi connectivity index (χ2v) is 3.65. The van der Waals surface area contributed by atoms with Gasteiger partial charge in [0.15, 0.2) is 0 Å². The standard InChI is InChI=1S/C10H16F3N/c11-10(12,13)8-14-7-6-9-4-2-1-3-5-9/h4,14H,1-3,5-8H2. The second-order valence-electron chi connectivity index (χ2n) is 3.65. The van der Waals surface area contributed by atoms with Gasteiger partial charge in [0.2, 0.25) is 0 Å². The predicted molar refractivity (Wildman–Crippen MR) is 50.1 cm³/mol. The van der Waals surface area contributed by atoms with Crippen molar-refractivity contribution in [1.29, 1.82) is 0 Å². The molecule has 0 aromatic rings. The van der Waals surface area contributed by atoms with Gasteiger partial charge in [0.05, 0.1) is 6.54 Å². The van der Waals surface area contributed by atoms with E-state index in [2.05, 4.69) is 11.4 Å². The molecule has 1 aliphatic rings. The van der Waals surface area contributed by atoms with Gasteiger partial charge in [-0.3, -0.25) is 0 Å². The fraction of sp³-hybridized carbons (Fsp3) is 0.800. The summed E-state index contributed by atoms with van der Waals surface area (Å²) in [4.78, 5) is 0. The molecule has 0 aliphatic heterocycles. The third-order valence-corrected chi connectivity index (χ3v) is 2.33. The van der Waals surface area contributed by atoms with Gasteiger partial charge in [-0.25, -0.2) is 0 Å². The van der Waals surface area contributed by atoms with Gasteiger partial charge in [-0.15, -0.1) is 0 Å². The minimum Gasteiger partial charge on any atom is -0.308 e. The molecule has 0 aromatic carbocycles. The first-order valence-corrected chi connectivity index (χ1v) is 5.03. The van der Waals surface area contributed by atoms with Crippen molar-refractivity contribution in [3.05, 3.63) is 11.6 Å². The summed E-state index contributed by atoms with van der Waals surface area (Å²) in [5.74, 6) is 0. The van der Waals surface area contributed by atoms with Crippen molar-refractivity contribution >= 4 is 0 Å². The molecule has 0 aromatic heterocycles. The molecule has 0 unspecified atom stereocenters. The van der Waals surface area contributed by atoms with Crippen molar-refractivity contribution < 1.29 is 13.2 Å². The van der Waals surface area contributed by atoms with Gasteiger partial charge in [0.1, 0.15) is 0 Å². The second kappa shape index (κ2) is 5.39. The Morgan fingerprint density at radius 2 is 2.07 bits per heavy atom. The molecule has 0 bridgehead atoms. The summed E-state index contributed by atoms with van der Waals surface area (Å²) in [5.41, 5.74) is 1.31. The fourth-order valence-corrected chi connectivity index (χ4v) is 1.61. The van der Waals surface area contributed by atoms with Gasteiger partial charge in [-0.05, 0) is 38.6 Å². The average molecular weight is 207 g/mol. The van der Waals surface area contributed by atoms with Crippen LogP contribution in [0.15, 0.2) is 11.6 Å². The Hall–Kier alpha value is -0.510. The molecule has 1 rings (SSSR count). The molecule has 0 radical (unpaired) electrons. The van der Waals surface area contributed by atoms with Crippen molar-refractivity contribution in [2.75, 3.05) is 13.1 Å². The topological polar surface area (TPSA) is 12.0 Å². The molecule has 1 nitrogen and oxygen atoms in total. The Morgan fingerprint density at radius 1 is 1.29 bits per heavy atom. The zero-order valence-corrected chi connectivity index (χ0v) is 8.16. The molecule has 1 N–H and O–H groups in total. The lowest BCUT2D eigenvalue weighted by molar-refractivity contribution is -0.124. The number of halogens is 3. The van der Waals surface area contributed by atoms with E-state index in [4.69, 9.17) is 0 Å². The summed E-state index contributed by atoms with van der Waals surface area (Å²) >= 11 is 0. The molecule has 14 heavy (non-hydrogen) atoms. The van der Waals surface area contributed by atoms with Gasteiger partial charge in [-0.1, -0.05) is 11.6 Å². The van der Waals surface area contributed by atoms with Crippen LogP contribution in [0.1, 0.15) is 32.1 Å². The highest BCUT2D eigenvalue weighted by atomic mass is 19.4. The predicted octanol–water partition coefficient (Wildman–Crippen LogP) is 3.03. The highest BCUT2D eigenvalue weighted by Gasteiger charge is 2.25. The van der Waals surface area contributed by atoms with Crippen LogP contribution in [-0.2, 0) is 0 Å². The number of alkyl halides is 3. The highest BCUT2D eigenvalue weighted by Crippen LogP contribution is 2.19. The lowest BCUT2D eigenvalue weighted by Crippen LogP contribution is -2.29. The van der Waals surface area contributed by atoms with Crippen LogP contribution < -0.4 is 5.32 Å². The largest absolute Gasteiger partial charge is 0.401 e. The fourth-order valence-electron chi connectivity index (χ4n) is 1.61. The Balaban J connectivity index is 2.06. The monoisotopic (exact) mass is 207 g/mol.